The van der Waals surface area contributed by atoms with Crippen molar-refractivity contribution in [2.24, 2.45) is 0 Å². The summed E-state index contributed by atoms with van der Waals surface area (Å²) < 4.78 is 59.3. The van der Waals surface area contributed by atoms with Gasteiger partial charge in [-0.1, -0.05) is 13.5 Å². The van der Waals surface area contributed by atoms with E-state index in [1.165, 1.54) is 0 Å². The normalized spacial score (nSPS) is 12.7. The van der Waals surface area contributed by atoms with Crippen LogP contribution in [0, 0.1) is 0 Å². The van der Waals surface area contributed by atoms with E-state index in [0.29, 0.717) is 9.92 Å². The lowest BCUT2D eigenvalue weighted by molar-refractivity contribution is -0.752. The Kier molecular flexibility index (Phi) is 14.0. The van der Waals surface area contributed by atoms with Gasteiger partial charge in [0.25, 0.3) is 0 Å². The van der Waals surface area contributed by atoms with Crippen LogP contribution in [0.1, 0.15) is 103 Å². The molecule has 0 saturated heterocycles. The number of nitrogens with zero attached hydrogens (tertiary/aromatic N) is 4. The van der Waals surface area contributed by atoms with E-state index in [1.807, 2.05) is 117 Å². The molecule has 1 aromatic carbocycles. The average molecular weight is 637 g/mol. The fourth-order valence-electron chi connectivity index (χ4n) is 5.51. The van der Waals surface area contributed by atoms with Crippen LogP contribution in [0.15, 0.2) is 70.8 Å². The first kappa shape index (κ1) is 38.6. The Bertz CT molecular complexity index is 1530. The number of rotatable bonds is 10. The van der Waals surface area contributed by atoms with Crippen molar-refractivity contribution >= 4 is 30.9 Å². The van der Waals surface area contributed by atoms with Gasteiger partial charge < -0.3 is 0 Å². The second-order valence-corrected chi connectivity index (χ2v) is 15.9. The third-order valence-corrected chi connectivity index (χ3v) is 11.5. The Balaban J connectivity index is 0.000000428. The first-order valence-corrected chi connectivity index (χ1v) is 17.7. The lowest BCUT2D eigenvalue weighted by atomic mass is 10.2. The van der Waals surface area contributed by atoms with Gasteiger partial charge in [-0.15, -0.1) is 0 Å². The van der Waals surface area contributed by atoms with Crippen LogP contribution in [-0.2, 0) is 20.0 Å². The number of hydrogen-bond donors (Lipinski definition) is 0. The fourth-order valence-corrected chi connectivity index (χ4v) is 9.68. The largest absolute Gasteiger partial charge is 0.312 e. The number of aromatic nitrogens is 2. The third-order valence-electron chi connectivity index (χ3n) is 6.91. The molecule has 0 unspecified atom stereocenters. The van der Waals surface area contributed by atoms with Crippen molar-refractivity contribution in [3.63, 3.8) is 0 Å². The highest BCUT2D eigenvalue weighted by Gasteiger charge is 2.37. The Morgan fingerprint density at radius 3 is 1.44 bits per heavy atom. The van der Waals surface area contributed by atoms with E-state index in [1.54, 1.807) is 31.4 Å². The minimum atomic E-state index is -3.57. The molecule has 0 saturated carbocycles. The molecule has 0 spiro atoms. The first-order chi connectivity index (χ1) is 19.4. The van der Waals surface area contributed by atoms with E-state index >= 15 is 0 Å². The van der Waals surface area contributed by atoms with Crippen LogP contribution in [-0.4, -0.2) is 49.6 Å². The Hall–Kier alpha value is -2.40. The summed E-state index contributed by atoms with van der Waals surface area (Å²) >= 11 is 0. The van der Waals surface area contributed by atoms with Crippen molar-refractivity contribution in [1.82, 2.24) is 8.61 Å². The van der Waals surface area contributed by atoms with Gasteiger partial charge in [-0.05, 0) is 107 Å². The Morgan fingerprint density at radius 1 is 0.535 bits per heavy atom. The van der Waals surface area contributed by atoms with Gasteiger partial charge in [0.2, 0.25) is 15.5 Å². The monoisotopic (exact) mass is 636 g/mol. The molecule has 0 aliphatic rings. The van der Waals surface area contributed by atoms with Crippen LogP contribution in [0.4, 0.5) is 0 Å². The highest BCUT2D eigenvalue weighted by molar-refractivity contribution is 7.89. The summed E-state index contributed by atoms with van der Waals surface area (Å²) in [7, 11) is -7.05. The molecular weight excluding hydrogens is 581 g/mol. The van der Waals surface area contributed by atoms with Crippen LogP contribution < -0.4 is 9.13 Å². The van der Waals surface area contributed by atoms with Gasteiger partial charge >= 0.3 is 15.0 Å². The van der Waals surface area contributed by atoms with Crippen molar-refractivity contribution in [2.75, 3.05) is 0 Å². The van der Waals surface area contributed by atoms with Crippen molar-refractivity contribution in [1.29, 1.82) is 0 Å². The minimum Gasteiger partial charge on any atom is -0.207 e. The average Bonchev–Trinajstić information content (AvgIpc) is 2.86. The molecule has 242 valence electrons. The molecule has 0 bridgehead atoms. The maximum absolute atomic E-state index is 13.3. The zero-order valence-corrected chi connectivity index (χ0v) is 29.1. The lowest BCUT2D eigenvalue weighted by Crippen LogP contribution is -2.49. The van der Waals surface area contributed by atoms with Crippen LogP contribution in [0.25, 0.3) is 10.9 Å². The number of pyridine rings is 2. The number of hydrogen-bond acceptors (Lipinski definition) is 4. The highest BCUT2D eigenvalue weighted by atomic mass is 32.2. The molecule has 2 aromatic heterocycles. The first-order valence-electron chi connectivity index (χ1n) is 14.9. The summed E-state index contributed by atoms with van der Waals surface area (Å²) in [6.45, 7) is 23.4. The topological polar surface area (TPSA) is 82.5 Å². The van der Waals surface area contributed by atoms with Gasteiger partial charge in [0.1, 0.15) is 0 Å². The molecule has 8 nitrogen and oxygen atoms in total. The van der Waals surface area contributed by atoms with E-state index in [-0.39, 0.29) is 43.7 Å². The lowest BCUT2D eigenvalue weighted by Gasteiger charge is -2.29. The Morgan fingerprint density at radius 2 is 0.977 bits per heavy atom. The van der Waals surface area contributed by atoms with Crippen molar-refractivity contribution in [3.8, 4) is 0 Å². The highest BCUT2D eigenvalue weighted by Crippen LogP contribution is 2.27. The molecule has 0 aliphatic carbocycles. The third kappa shape index (κ3) is 8.62. The molecule has 43 heavy (non-hydrogen) atoms. The smallest absolute Gasteiger partial charge is 0.207 e. The van der Waals surface area contributed by atoms with E-state index < -0.39 is 20.0 Å². The fraction of sp³-hybridized carbons (Fsp3) is 0.576. The van der Waals surface area contributed by atoms with Crippen molar-refractivity contribution in [3.05, 3.63) is 60.9 Å². The van der Waals surface area contributed by atoms with Crippen molar-refractivity contribution in [2.45, 2.75) is 137 Å². The summed E-state index contributed by atoms with van der Waals surface area (Å²) in [5, 5.41) is 1.29. The van der Waals surface area contributed by atoms with Gasteiger partial charge in [0.15, 0.2) is 29.4 Å². The SMILES string of the molecule is C.CC(C)N(C(C)C)S(=O)(=O)c1cccc2ccc[n+](C(C)C)c12.CC(C)N(C(C)C)S(=O)(=O)c1cccc[n+]1C(C)C. The molecule has 0 atom stereocenters. The van der Waals surface area contributed by atoms with E-state index in [0.717, 1.165) is 10.9 Å². The molecule has 0 fully saturated rings. The summed E-state index contributed by atoms with van der Waals surface area (Å²) in [6.07, 6.45) is 3.76. The van der Waals surface area contributed by atoms with Gasteiger partial charge in [0.05, 0.1) is 0 Å². The Labute approximate surface area is 262 Å². The standard InChI is InChI=1S/C18H27N2O2S.C14H25N2O2S.CH4/c1-13(2)19-12-8-10-16-9-7-11-17(18(16)19)23(21,22)20(14(3)4)15(5)6;1-11(2)15-10-8-7-9-14(15)19(17,18)16(12(3)4)13(5)6;/h7-15H,1-6H3;7-13H,1-6H3;1H4/q2*+1;. The summed E-state index contributed by atoms with van der Waals surface area (Å²) in [5.41, 5.74) is 0.774. The second-order valence-electron chi connectivity index (χ2n) is 12.3. The molecule has 0 N–H and O–H groups in total. The molecular formula is C33H56N4O4S2+2. The zero-order chi connectivity index (χ0) is 32.2. The van der Waals surface area contributed by atoms with Gasteiger partial charge in [-0.2, -0.15) is 17.7 Å². The summed E-state index contributed by atoms with van der Waals surface area (Å²) in [4.78, 5) is 0.381. The minimum absolute atomic E-state index is 0. The molecule has 2 heterocycles. The molecule has 10 heteroatoms. The van der Waals surface area contributed by atoms with E-state index in [9.17, 15) is 16.8 Å². The van der Waals surface area contributed by atoms with Gasteiger partial charge in [-0.3, -0.25) is 0 Å². The number of para-hydroxylation sites is 1. The van der Waals surface area contributed by atoms with Crippen LogP contribution >= 0.6 is 0 Å². The molecule has 0 radical (unpaired) electrons. The van der Waals surface area contributed by atoms with Crippen molar-refractivity contribution < 1.29 is 26.0 Å². The maximum Gasteiger partial charge on any atom is 0.312 e. The second kappa shape index (κ2) is 15.5. The number of fused-ring (bicyclic) bond motifs is 1. The summed E-state index contributed by atoms with van der Waals surface area (Å²) in [5.74, 6) is 0. The van der Waals surface area contributed by atoms with Crippen LogP contribution in [0.2, 0.25) is 0 Å². The van der Waals surface area contributed by atoms with E-state index in [4.69, 9.17) is 0 Å². The molecule has 3 aromatic rings. The molecule has 0 amide bonds. The van der Waals surface area contributed by atoms with Crippen LogP contribution in [0.5, 0.6) is 0 Å². The quantitative estimate of drug-likeness (QED) is 0.238. The van der Waals surface area contributed by atoms with Crippen LogP contribution in [0.3, 0.4) is 0 Å². The molecule has 3 rings (SSSR count). The number of benzene rings is 1. The maximum atomic E-state index is 13.3. The van der Waals surface area contributed by atoms with E-state index in [2.05, 4.69) is 13.8 Å². The van der Waals surface area contributed by atoms with Gasteiger partial charge in [-0.25, -0.2) is 16.8 Å². The van der Waals surface area contributed by atoms with Gasteiger partial charge in [0, 0.05) is 47.8 Å². The number of sulfonamides is 2. The predicted molar refractivity (Wildman–Crippen MR) is 177 cm³/mol. The zero-order valence-electron chi connectivity index (χ0n) is 27.5. The molecule has 0 aliphatic heterocycles. The predicted octanol–water partition coefficient (Wildman–Crippen LogP) is 6.51. The summed E-state index contributed by atoms with van der Waals surface area (Å²) in [6, 6.07) is 14.7.